The second-order valence-electron chi connectivity index (χ2n) is 15.7. The molecule has 0 radical (unpaired) electrons. The van der Waals surface area contributed by atoms with Gasteiger partial charge in [-0.05, 0) is 0 Å². The Morgan fingerprint density at radius 1 is 0.607 bits per heavy atom. The van der Waals surface area contributed by atoms with Gasteiger partial charge >= 0.3 is 337 Å². The number of hydrogen-bond acceptors (Lipinski definition) is 5. The van der Waals surface area contributed by atoms with Crippen molar-refractivity contribution < 1.29 is 23.7 Å². The van der Waals surface area contributed by atoms with Crippen LogP contribution < -0.4 is 10.7 Å². The minimum atomic E-state index is -4.02. The fourth-order valence-electron chi connectivity index (χ4n) is 9.39. The van der Waals surface area contributed by atoms with Crippen LogP contribution in [0.2, 0.25) is 0 Å². The van der Waals surface area contributed by atoms with Gasteiger partial charge in [-0.2, -0.15) is 0 Å². The van der Waals surface area contributed by atoms with Crippen molar-refractivity contribution in [3.63, 3.8) is 0 Å². The van der Waals surface area contributed by atoms with Crippen LogP contribution in [0, 0.1) is 5.92 Å². The predicted octanol–water partition coefficient (Wildman–Crippen LogP) is 7.91. The van der Waals surface area contributed by atoms with Crippen LogP contribution in [0.4, 0.5) is 0 Å². The van der Waals surface area contributed by atoms with Gasteiger partial charge in [0.1, 0.15) is 0 Å². The quantitative estimate of drug-likeness (QED) is 0.104. The summed E-state index contributed by atoms with van der Waals surface area (Å²) in [4.78, 5) is 0. The monoisotopic (exact) mass is 848 g/mol. The zero-order valence-corrected chi connectivity index (χ0v) is 35.0. The van der Waals surface area contributed by atoms with E-state index in [-0.39, 0.29) is 12.5 Å². The van der Waals surface area contributed by atoms with E-state index in [9.17, 15) is 0 Å². The molecule has 0 saturated carbocycles. The average molecular weight is 848 g/mol. The number of ether oxygens (including phenoxy) is 5. The van der Waals surface area contributed by atoms with E-state index in [4.69, 9.17) is 23.7 Å². The van der Waals surface area contributed by atoms with Crippen LogP contribution in [-0.2, 0) is 29.3 Å². The van der Waals surface area contributed by atoms with Gasteiger partial charge < -0.3 is 0 Å². The molecule has 0 aliphatic carbocycles. The van der Waals surface area contributed by atoms with E-state index in [1.807, 2.05) is 32.0 Å². The maximum atomic E-state index is 7.52. The van der Waals surface area contributed by atoms with E-state index in [1.165, 1.54) is 16.3 Å². The summed E-state index contributed by atoms with van der Waals surface area (Å²) in [6, 6.07) is 64.8. The van der Waals surface area contributed by atoms with Gasteiger partial charge in [0.2, 0.25) is 0 Å². The van der Waals surface area contributed by atoms with Crippen molar-refractivity contribution >= 4 is 29.1 Å². The van der Waals surface area contributed by atoms with Crippen LogP contribution >= 0.6 is 0 Å². The Labute approximate surface area is 334 Å². The Morgan fingerprint density at radius 2 is 1.02 bits per heavy atom. The maximum absolute atomic E-state index is 7.52. The standard InChI is InChI=1S/C32H33O5.3C6H5.Sn/c1-22-20-33-31(23(22)2)27(35-29-28(31)36-30(3,4)37-29)21-34-32(24-14-8-5-9-15-24,25-16-10-6-11-17-25)26-18-12-7-13-19-26;3*1-2-4-6-5-3-1;/h2,5-19,22,27-29H,20-21H2,1,3-4H3;3*1-5H;/t22-,27+,28-,29+,31+;;;;/m0..../s1. The molecule has 3 heterocycles. The van der Waals surface area contributed by atoms with Crippen LogP contribution in [0.15, 0.2) is 192 Å². The Kier molecular flexibility index (Phi) is 10.1. The van der Waals surface area contributed by atoms with Crippen molar-refractivity contribution in [3.8, 4) is 0 Å². The van der Waals surface area contributed by atoms with Crippen molar-refractivity contribution in [2.75, 3.05) is 13.2 Å². The van der Waals surface area contributed by atoms with Crippen molar-refractivity contribution in [2.24, 2.45) is 5.92 Å². The second kappa shape index (κ2) is 15.2. The molecule has 5 nitrogen and oxygen atoms in total. The Morgan fingerprint density at radius 3 is 1.45 bits per heavy atom. The molecule has 5 atom stereocenters. The summed E-state index contributed by atoms with van der Waals surface area (Å²) < 4.78 is 42.0. The molecule has 6 heteroatoms. The molecule has 3 fully saturated rings. The number of rotatable bonds is 10. The van der Waals surface area contributed by atoms with E-state index < -0.39 is 53.9 Å². The molecule has 0 unspecified atom stereocenters. The third-order valence-corrected chi connectivity index (χ3v) is 24.6. The molecule has 282 valence electrons. The van der Waals surface area contributed by atoms with Crippen molar-refractivity contribution in [2.45, 2.75) is 56.3 Å². The third kappa shape index (κ3) is 6.30. The van der Waals surface area contributed by atoms with E-state index in [0.717, 1.165) is 16.7 Å². The van der Waals surface area contributed by atoms with Crippen molar-refractivity contribution in [3.05, 3.63) is 208 Å². The van der Waals surface area contributed by atoms with Crippen LogP contribution in [-0.4, -0.2) is 61.5 Å². The van der Waals surface area contributed by atoms with Crippen molar-refractivity contribution in [1.29, 1.82) is 0 Å². The molecule has 56 heavy (non-hydrogen) atoms. The van der Waals surface area contributed by atoms with E-state index in [2.05, 4.69) is 175 Å². The summed E-state index contributed by atoms with van der Waals surface area (Å²) in [6.45, 7) is 6.95. The molecular weight excluding hydrogens is 799 g/mol. The first-order chi connectivity index (χ1) is 27.4. The summed E-state index contributed by atoms with van der Waals surface area (Å²) in [5.41, 5.74) is 2.37. The number of benzene rings is 6. The molecule has 0 amide bonds. The molecule has 0 N–H and O–H groups in total. The average Bonchev–Trinajstić information content (AvgIpc) is 3.85. The molecular formula is C50H48O5Sn. The SMILES string of the molecule is C[C@H]1CO[C@]2(/C1=[CH]\[Sn]([c]1ccccc1)([c]1ccccc1)[c]1ccccc1)[C@@H](COC(c1ccccc1)(c1ccccc1)c1ccccc1)O[C@@H]1OC(C)(C)O[C@@H]12. The fourth-order valence-corrected chi connectivity index (χ4v) is 22.6. The Balaban J connectivity index is 1.25. The second-order valence-corrected chi connectivity index (χ2v) is 26.0. The summed E-state index contributed by atoms with van der Waals surface area (Å²) in [7, 11) is 0. The molecule has 3 aliphatic heterocycles. The van der Waals surface area contributed by atoms with Gasteiger partial charge in [0.15, 0.2) is 0 Å². The first-order valence-corrected chi connectivity index (χ1v) is 25.7. The molecule has 0 aromatic heterocycles. The van der Waals surface area contributed by atoms with Crippen LogP contribution in [0.1, 0.15) is 37.5 Å². The summed E-state index contributed by atoms with van der Waals surface area (Å²) in [5, 5.41) is 0. The van der Waals surface area contributed by atoms with Gasteiger partial charge in [-0.1, -0.05) is 0 Å². The molecule has 3 aliphatic rings. The fraction of sp³-hybridized carbons (Fsp3) is 0.240. The van der Waals surface area contributed by atoms with Crippen molar-refractivity contribution in [1.82, 2.24) is 0 Å². The zero-order chi connectivity index (χ0) is 38.2. The van der Waals surface area contributed by atoms with Crippen LogP contribution in [0.3, 0.4) is 0 Å². The van der Waals surface area contributed by atoms with Gasteiger partial charge in [0, 0.05) is 0 Å². The van der Waals surface area contributed by atoms with Crippen LogP contribution in [0.5, 0.6) is 0 Å². The van der Waals surface area contributed by atoms with Gasteiger partial charge in [-0.3, -0.25) is 0 Å². The van der Waals surface area contributed by atoms with Gasteiger partial charge in [-0.15, -0.1) is 0 Å². The third-order valence-electron chi connectivity index (χ3n) is 11.9. The van der Waals surface area contributed by atoms with Gasteiger partial charge in [0.25, 0.3) is 0 Å². The molecule has 9 rings (SSSR count). The van der Waals surface area contributed by atoms with E-state index >= 15 is 0 Å². The molecule has 3 saturated heterocycles. The van der Waals surface area contributed by atoms with Crippen LogP contribution in [0.25, 0.3) is 0 Å². The molecule has 1 spiro atoms. The first kappa shape index (κ1) is 37.2. The van der Waals surface area contributed by atoms with Gasteiger partial charge in [-0.25, -0.2) is 0 Å². The summed E-state index contributed by atoms with van der Waals surface area (Å²) >= 11 is -4.02. The zero-order valence-electron chi connectivity index (χ0n) is 32.2. The topological polar surface area (TPSA) is 46.2 Å². The normalized spacial score (nSPS) is 25.1. The van der Waals surface area contributed by atoms with E-state index in [1.54, 1.807) is 0 Å². The summed E-state index contributed by atoms with van der Waals surface area (Å²) in [6.07, 6.45) is -1.69. The first-order valence-electron chi connectivity index (χ1n) is 19.7. The van der Waals surface area contributed by atoms with Gasteiger partial charge in [0.05, 0.1) is 0 Å². The number of hydrogen-bond donors (Lipinski definition) is 0. The van der Waals surface area contributed by atoms with E-state index in [0.29, 0.717) is 6.61 Å². The molecule has 6 aromatic carbocycles. The molecule has 0 bridgehead atoms. The number of fused-ring (bicyclic) bond motifs is 2. The minimum absolute atomic E-state index is 0.0847. The Hall–Kier alpha value is -4.34. The Bertz CT molecular complexity index is 2060. The predicted molar refractivity (Wildman–Crippen MR) is 224 cm³/mol. The summed E-state index contributed by atoms with van der Waals surface area (Å²) in [5.74, 6) is -0.767. The molecule has 6 aromatic rings.